The number of nitrogens with one attached hydrogen (secondary N) is 1. The van der Waals surface area contributed by atoms with Gasteiger partial charge in [0, 0.05) is 31.2 Å². The molecule has 6 heteroatoms. The Bertz CT molecular complexity index is 788. The van der Waals surface area contributed by atoms with Gasteiger partial charge < -0.3 is 14.6 Å². The van der Waals surface area contributed by atoms with Gasteiger partial charge in [0.05, 0.1) is 19.5 Å². The predicted molar refractivity (Wildman–Crippen MR) is 89.7 cm³/mol. The Morgan fingerprint density at radius 2 is 2.08 bits per heavy atom. The van der Waals surface area contributed by atoms with Crippen LogP contribution in [0.5, 0.6) is 5.75 Å². The maximum atomic E-state index is 12.6. The van der Waals surface area contributed by atoms with E-state index in [4.69, 9.17) is 4.74 Å². The molecule has 0 saturated carbocycles. The lowest BCUT2D eigenvalue weighted by molar-refractivity contribution is 0.0927. The number of carbonyl (C=O) groups is 1. The summed E-state index contributed by atoms with van der Waals surface area (Å²) in [7, 11) is 1.56. The van der Waals surface area contributed by atoms with Crippen molar-refractivity contribution in [2.75, 3.05) is 7.11 Å². The zero-order chi connectivity index (χ0) is 16.8. The second-order valence-electron chi connectivity index (χ2n) is 5.28. The lowest BCUT2D eigenvalue weighted by Crippen LogP contribution is -2.31. The van der Waals surface area contributed by atoms with Crippen LogP contribution in [0.1, 0.15) is 22.1 Å². The summed E-state index contributed by atoms with van der Waals surface area (Å²) in [6.45, 7) is 0.583. The van der Waals surface area contributed by atoms with E-state index in [2.05, 4.69) is 15.3 Å². The topological polar surface area (TPSA) is 69.0 Å². The molecule has 1 amide bonds. The number of hydrogen-bond donors (Lipinski definition) is 1. The molecular weight excluding hydrogens is 304 g/mol. The Hall–Kier alpha value is -3.15. The molecule has 1 atom stereocenters. The van der Waals surface area contributed by atoms with E-state index >= 15 is 0 Å². The van der Waals surface area contributed by atoms with Gasteiger partial charge >= 0.3 is 0 Å². The summed E-state index contributed by atoms with van der Waals surface area (Å²) in [4.78, 5) is 20.7. The number of nitrogens with zero attached hydrogens (tertiary/aromatic N) is 3. The summed E-state index contributed by atoms with van der Waals surface area (Å²) in [6.07, 6.45) is 6.87. The molecule has 2 aromatic heterocycles. The van der Waals surface area contributed by atoms with Crippen molar-refractivity contribution in [1.82, 2.24) is 19.9 Å². The maximum absolute atomic E-state index is 12.6. The molecule has 122 valence electrons. The van der Waals surface area contributed by atoms with Crippen LogP contribution in [-0.4, -0.2) is 27.6 Å². The minimum atomic E-state index is -0.247. The first-order valence-electron chi connectivity index (χ1n) is 7.58. The van der Waals surface area contributed by atoms with Gasteiger partial charge in [-0.2, -0.15) is 0 Å². The average molecular weight is 322 g/mol. The van der Waals surface area contributed by atoms with E-state index in [1.54, 1.807) is 38.0 Å². The molecule has 0 aliphatic rings. The molecule has 24 heavy (non-hydrogen) atoms. The maximum Gasteiger partial charge on any atom is 0.270 e. The first-order valence-corrected chi connectivity index (χ1v) is 7.58. The first-order chi connectivity index (χ1) is 11.8. The smallest absolute Gasteiger partial charge is 0.270 e. The van der Waals surface area contributed by atoms with Gasteiger partial charge in [0.15, 0.2) is 0 Å². The van der Waals surface area contributed by atoms with E-state index < -0.39 is 0 Å². The molecule has 0 aliphatic heterocycles. The molecule has 0 unspecified atom stereocenters. The highest BCUT2D eigenvalue weighted by atomic mass is 16.5. The third-order valence-electron chi connectivity index (χ3n) is 3.66. The number of ether oxygens (including phenoxy) is 1. The molecule has 0 aliphatic carbocycles. The summed E-state index contributed by atoms with van der Waals surface area (Å²) in [5.74, 6) is 0.351. The summed E-state index contributed by atoms with van der Waals surface area (Å²) < 4.78 is 7.08. The van der Waals surface area contributed by atoms with E-state index in [-0.39, 0.29) is 11.9 Å². The van der Waals surface area contributed by atoms with Crippen molar-refractivity contribution in [1.29, 1.82) is 0 Å². The number of carbonyl (C=O) groups excluding carboxylic acids is 1. The Morgan fingerprint density at radius 1 is 1.25 bits per heavy atom. The summed E-state index contributed by atoms with van der Waals surface area (Å²) in [5, 5.41) is 3.03. The fourth-order valence-corrected chi connectivity index (χ4v) is 2.42. The average Bonchev–Trinajstić information content (AvgIpc) is 3.15. The highest BCUT2D eigenvalue weighted by Gasteiger charge is 2.17. The Balaban J connectivity index is 1.81. The second-order valence-corrected chi connectivity index (χ2v) is 5.28. The van der Waals surface area contributed by atoms with Crippen molar-refractivity contribution < 1.29 is 9.53 Å². The lowest BCUT2D eigenvalue weighted by Gasteiger charge is -2.19. The quantitative estimate of drug-likeness (QED) is 0.757. The van der Waals surface area contributed by atoms with E-state index in [1.807, 2.05) is 41.1 Å². The largest absolute Gasteiger partial charge is 0.497 e. The lowest BCUT2D eigenvalue weighted by atomic mass is 10.1. The number of pyridine rings is 1. The molecule has 3 rings (SSSR count). The Labute approximate surface area is 140 Å². The first kappa shape index (κ1) is 15.7. The van der Waals surface area contributed by atoms with Crippen molar-refractivity contribution >= 4 is 5.91 Å². The molecule has 0 bridgehead atoms. The molecule has 0 fully saturated rings. The van der Waals surface area contributed by atoms with Crippen LogP contribution < -0.4 is 10.1 Å². The van der Waals surface area contributed by atoms with Gasteiger partial charge in [0.1, 0.15) is 11.4 Å². The number of imidazole rings is 1. The third-order valence-corrected chi connectivity index (χ3v) is 3.66. The van der Waals surface area contributed by atoms with Gasteiger partial charge in [-0.3, -0.25) is 9.78 Å². The fourth-order valence-electron chi connectivity index (χ4n) is 2.42. The summed E-state index contributed by atoms with van der Waals surface area (Å²) in [5.41, 5.74) is 1.34. The van der Waals surface area contributed by atoms with Crippen molar-refractivity contribution in [2.24, 2.45) is 0 Å². The Kier molecular flexibility index (Phi) is 4.86. The van der Waals surface area contributed by atoms with Gasteiger partial charge in [0.2, 0.25) is 0 Å². The minimum Gasteiger partial charge on any atom is -0.497 e. The highest BCUT2D eigenvalue weighted by Crippen LogP contribution is 2.17. The normalized spacial score (nSPS) is 11.7. The fraction of sp³-hybridized carbons (Fsp3) is 0.167. The monoisotopic (exact) mass is 322 g/mol. The third kappa shape index (κ3) is 3.78. The molecule has 0 radical (unpaired) electrons. The number of rotatable bonds is 6. The number of amides is 1. The zero-order valence-electron chi connectivity index (χ0n) is 13.3. The van der Waals surface area contributed by atoms with Crippen LogP contribution in [0.15, 0.2) is 67.4 Å². The molecule has 0 spiro atoms. The number of benzene rings is 1. The van der Waals surface area contributed by atoms with Gasteiger partial charge in [-0.05, 0) is 11.6 Å². The zero-order valence-corrected chi connectivity index (χ0v) is 13.3. The van der Waals surface area contributed by atoms with E-state index in [9.17, 15) is 4.79 Å². The van der Waals surface area contributed by atoms with Crippen LogP contribution in [0.4, 0.5) is 0 Å². The molecule has 0 saturated heterocycles. The van der Waals surface area contributed by atoms with E-state index in [1.165, 1.54) is 0 Å². The van der Waals surface area contributed by atoms with E-state index in [0.29, 0.717) is 18.0 Å². The van der Waals surface area contributed by atoms with Gasteiger partial charge in [0.25, 0.3) is 5.91 Å². The second kappa shape index (κ2) is 7.41. The van der Waals surface area contributed by atoms with Gasteiger partial charge in [-0.15, -0.1) is 0 Å². The predicted octanol–water partition coefficient (Wildman–Crippen LogP) is 2.46. The standard InChI is InChI=1S/C18H18N4O2/c1-24-15-7-8-20-16(11-15)18(23)21-17(12-22-10-9-19-13-22)14-5-3-2-4-6-14/h2-11,13,17H,12H2,1H3,(H,21,23)/t17-/m1/s1. The summed E-state index contributed by atoms with van der Waals surface area (Å²) >= 11 is 0. The molecule has 2 heterocycles. The van der Waals surface area contributed by atoms with Crippen molar-refractivity contribution in [2.45, 2.75) is 12.6 Å². The van der Waals surface area contributed by atoms with E-state index in [0.717, 1.165) is 5.56 Å². The Morgan fingerprint density at radius 3 is 2.79 bits per heavy atom. The molecular formula is C18H18N4O2. The van der Waals surface area contributed by atoms with Crippen LogP contribution in [0.2, 0.25) is 0 Å². The SMILES string of the molecule is COc1ccnc(C(=O)N[C@H](Cn2ccnc2)c2ccccc2)c1. The highest BCUT2D eigenvalue weighted by molar-refractivity contribution is 5.92. The number of hydrogen-bond acceptors (Lipinski definition) is 4. The van der Waals surface area contributed by atoms with Crippen LogP contribution in [0, 0.1) is 0 Å². The van der Waals surface area contributed by atoms with Crippen LogP contribution >= 0.6 is 0 Å². The van der Waals surface area contributed by atoms with Crippen molar-refractivity contribution in [3.8, 4) is 5.75 Å². The minimum absolute atomic E-state index is 0.194. The van der Waals surface area contributed by atoms with Crippen molar-refractivity contribution in [3.63, 3.8) is 0 Å². The van der Waals surface area contributed by atoms with Crippen molar-refractivity contribution in [3.05, 3.63) is 78.6 Å². The van der Waals surface area contributed by atoms with Gasteiger partial charge in [-0.1, -0.05) is 30.3 Å². The van der Waals surface area contributed by atoms with Crippen LogP contribution in [-0.2, 0) is 6.54 Å². The summed E-state index contributed by atoms with van der Waals surface area (Å²) in [6, 6.07) is 13.0. The molecule has 1 aromatic carbocycles. The molecule has 6 nitrogen and oxygen atoms in total. The molecule has 3 aromatic rings. The number of aromatic nitrogens is 3. The van der Waals surface area contributed by atoms with Crippen LogP contribution in [0.3, 0.4) is 0 Å². The molecule has 1 N–H and O–H groups in total. The van der Waals surface area contributed by atoms with Gasteiger partial charge in [-0.25, -0.2) is 4.98 Å². The number of methoxy groups -OCH3 is 1. The van der Waals surface area contributed by atoms with Crippen LogP contribution in [0.25, 0.3) is 0 Å².